The highest BCUT2D eigenvalue weighted by molar-refractivity contribution is 5.95. The average molecular weight is 376 g/mol. The van der Waals surface area contributed by atoms with Gasteiger partial charge < -0.3 is 14.7 Å². The molecule has 1 saturated heterocycles. The first-order valence-corrected chi connectivity index (χ1v) is 10.6. The highest BCUT2D eigenvalue weighted by Gasteiger charge is 2.44. The Balaban J connectivity index is 1.24. The highest BCUT2D eigenvalue weighted by atomic mass is 16.1. The van der Waals surface area contributed by atoms with Crippen LogP contribution in [-0.4, -0.2) is 56.5 Å². The van der Waals surface area contributed by atoms with Crippen LogP contribution in [0.3, 0.4) is 0 Å². The number of likely N-dealkylation sites (N-methyl/N-ethyl adjacent to an activating group) is 1. The molecular formula is C24H29N3O. The Morgan fingerprint density at radius 2 is 1.89 bits per heavy atom. The first-order valence-electron chi connectivity index (χ1n) is 10.6. The molecule has 0 unspecified atom stereocenters. The number of likely N-dealkylation sites (tertiary alicyclic amines) is 1. The van der Waals surface area contributed by atoms with E-state index in [-0.39, 0.29) is 5.78 Å². The SMILES string of the molecule is CN1CCN2c3c(cccc31)[C@@H]1CN(CCCC(=O)c3ccccc3)CC[C@@H]12. The molecule has 0 saturated carbocycles. The van der Waals surface area contributed by atoms with E-state index in [2.05, 4.69) is 39.9 Å². The van der Waals surface area contributed by atoms with Crippen molar-refractivity contribution in [2.75, 3.05) is 49.6 Å². The normalized spacial score (nSPS) is 23.5. The van der Waals surface area contributed by atoms with Gasteiger partial charge in [0.25, 0.3) is 0 Å². The number of hydrogen-bond acceptors (Lipinski definition) is 4. The maximum Gasteiger partial charge on any atom is 0.162 e. The van der Waals surface area contributed by atoms with Gasteiger partial charge >= 0.3 is 0 Å². The van der Waals surface area contributed by atoms with Gasteiger partial charge in [0.15, 0.2) is 5.78 Å². The molecule has 3 heterocycles. The third-order valence-electron chi connectivity index (χ3n) is 6.85. The molecule has 5 rings (SSSR count). The van der Waals surface area contributed by atoms with Gasteiger partial charge in [-0.15, -0.1) is 0 Å². The molecule has 0 N–H and O–H groups in total. The van der Waals surface area contributed by atoms with Crippen molar-refractivity contribution < 1.29 is 4.79 Å². The molecule has 0 spiro atoms. The summed E-state index contributed by atoms with van der Waals surface area (Å²) in [5.74, 6) is 0.881. The van der Waals surface area contributed by atoms with Crippen molar-refractivity contribution in [1.82, 2.24) is 4.90 Å². The van der Waals surface area contributed by atoms with E-state index in [1.807, 2.05) is 30.3 Å². The number of ketones is 1. The molecule has 0 aromatic heterocycles. The molecule has 28 heavy (non-hydrogen) atoms. The van der Waals surface area contributed by atoms with Gasteiger partial charge in [-0.1, -0.05) is 42.5 Å². The summed E-state index contributed by atoms with van der Waals surface area (Å²) >= 11 is 0. The van der Waals surface area contributed by atoms with Gasteiger partial charge in [-0.25, -0.2) is 0 Å². The third-order valence-corrected chi connectivity index (χ3v) is 6.85. The Bertz CT molecular complexity index is 865. The first kappa shape index (κ1) is 17.7. The van der Waals surface area contributed by atoms with Crippen LogP contribution in [-0.2, 0) is 0 Å². The lowest BCUT2D eigenvalue weighted by Crippen LogP contribution is -2.49. The summed E-state index contributed by atoms with van der Waals surface area (Å²) in [6.07, 6.45) is 2.83. The van der Waals surface area contributed by atoms with Crippen molar-refractivity contribution in [1.29, 1.82) is 0 Å². The van der Waals surface area contributed by atoms with Crippen LogP contribution < -0.4 is 9.80 Å². The van der Waals surface area contributed by atoms with Crippen molar-refractivity contribution in [3.8, 4) is 0 Å². The summed E-state index contributed by atoms with van der Waals surface area (Å²) in [5.41, 5.74) is 5.28. The number of anilines is 2. The lowest BCUT2D eigenvalue weighted by atomic mass is 9.89. The van der Waals surface area contributed by atoms with Gasteiger partial charge in [-0.2, -0.15) is 0 Å². The van der Waals surface area contributed by atoms with Crippen LogP contribution in [0.1, 0.15) is 41.1 Å². The fourth-order valence-corrected chi connectivity index (χ4v) is 5.41. The fourth-order valence-electron chi connectivity index (χ4n) is 5.41. The van der Waals surface area contributed by atoms with Crippen molar-refractivity contribution >= 4 is 17.2 Å². The summed E-state index contributed by atoms with van der Waals surface area (Å²) in [6.45, 7) is 5.56. The van der Waals surface area contributed by atoms with E-state index in [1.54, 1.807) is 5.56 Å². The Kier molecular flexibility index (Phi) is 4.59. The number of fused-ring (bicyclic) bond motifs is 3. The Labute approximate surface area is 167 Å². The second kappa shape index (κ2) is 7.25. The van der Waals surface area contributed by atoms with Crippen molar-refractivity contribution in [3.05, 3.63) is 59.7 Å². The number of Topliss-reactive ketones (excluding diaryl/α,β-unsaturated/α-hetero) is 1. The van der Waals surface area contributed by atoms with E-state index in [0.717, 1.165) is 44.7 Å². The molecule has 3 aliphatic rings. The molecule has 0 amide bonds. The maximum absolute atomic E-state index is 12.4. The molecule has 4 heteroatoms. The molecule has 2 atom stereocenters. The van der Waals surface area contributed by atoms with Crippen LogP contribution in [0.4, 0.5) is 11.4 Å². The fraction of sp³-hybridized carbons (Fsp3) is 0.458. The zero-order valence-electron chi connectivity index (χ0n) is 16.7. The minimum absolute atomic E-state index is 0.270. The number of benzene rings is 2. The van der Waals surface area contributed by atoms with Gasteiger partial charge in [0.1, 0.15) is 0 Å². The van der Waals surface area contributed by atoms with E-state index in [0.29, 0.717) is 18.4 Å². The van der Waals surface area contributed by atoms with Gasteiger partial charge in [0, 0.05) is 57.2 Å². The van der Waals surface area contributed by atoms with E-state index in [1.165, 1.54) is 17.8 Å². The predicted octanol–water partition coefficient (Wildman–Crippen LogP) is 3.78. The second-order valence-electron chi connectivity index (χ2n) is 8.49. The number of piperidine rings is 1. The van der Waals surface area contributed by atoms with Gasteiger partial charge in [0.05, 0.1) is 11.4 Å². The zero-order chi connectivity index (χ0) is 19.1. The lowest BCUT2D eigenvalue weighted by molar-refractivity contribution is 0.0971. The average Bonchev–Trinajstić information content (AvgIpc) is 3.06. The smallest absolute Gasteiger partial charge is 0.162 e. The standard InChI is InChI=1S/C24H29N3O/c1-25-15-16-27-21-12-14-26(13-6-11-23(28)18-7-3-2-4-8-18)17-20(21)19-9-5-10-22(25)24(19)27/h2-5,7-10,20-21H,6,11-17H2,1H3/t20-,21-/m0/s1. The zero-order valence-corrected chi connectivity index (χ0v) is 16.7. The van der Waals surface area contributed by atoms with E-state index >= 15 is 0 Å². The van der Waals surface area contributed by atoms with E-state index < -0.39 is 0 Å². The summed E-state index contributed by atoms with van der Waals surface area (Å²) in [4.78, 5) is 20.0. The Morgan fingerprint density at radius 1 is 1.04 bits per heavy atom. The van der Waals surface area contributed by atoms with Crippen LogP contribution in [0.2, 0.25) is 0 Å². The highest BCUT2D eigenvalue weighted by Crippen LogP contribution is 2.50. The quantitative estimate of drug-likeness (QED) is 0.743. The Hall–Kier alpha value is -2.33. The molecular weight excluding hydrogens is 346 g/mol. The summed E-state index contributed by atoms with van der Waals surface area (Å²) < 4.78 is 0. The number of rotatable bonds is 5. The molecule has 0 aliphatic carbocycles. The first-order chi connectivity index (χ1) is 13.7. The van der Waals surface area contributed by atoms with Crippen LogP contribution in [0.5, 0.6) is 0 Å². The number of carbonyl (C=O) groups is 1. The molecule has 0 radical (unpaired) electrons. The van der Waals surface area contributed by atoms with Crippen molar-refractivity contribution in [2.24, 2.45) is 0 Å². The molecule has 3 aliphatic heterocycles. The monoisotopic (exact) mass is 375 g/mol. The number of nitrogens with zero attached hydrogens (tertiary/aromatic N) is 3. The van der Waals surface area contributed by atoms with Gasteiger partial charge in [-0.3, -0.25) is 4.79 Å². The summed E-state index contributed by atoms with van der Waals surface area (Å²) in [6, 6.07) is 17.2. The Morgan fingerprint density at radius 3 is 2.75 bits per heavy atom. The van der Waals surface area contributed by atoms with Crippen LogP contribution in [0, 0.1) is 0 Å². The molecule has 0 bridgehead atoms. The van der Waals surface area contributed by atoms with Crippen molar-refractivity contribution in [3.63, 3.8) is 0 Å². The van der Waals surface area contributed by atoms with Crippen LogP contribution in [0.25, 0.3) is 0 Å². The topological polar surface area (TPSA) is 26.8 Å². The predicted molar refractivity (Wildman–Crippen MR) is 115 cm³/mol. The number of hydrogen-bond donors (Lipinski definition) is 0. The minimum atomic E-state index is 0.270. The molecule has 146 valence electrons. The number of para-hydroxylation sites is 1. The minimum Gasteiger partial charge on any atom is -0.371 e. The van der Waals surface area contributed by atoms with Crippen LogP contribution >= 0.6 is 0 Å². The second-order valence-corrected chi connectivity index (χ2v) is 8.49. The molecule has 4 nitrogen and oxygen atoms in total. The third kappa shape index (κ3) is 3.00. The van der Waals surface area contributed by atoms with Gasteiger partial charge in [0.2, 0.25) is 0 Å². The van der Waals surface area contributed by atoms with E-state index in [4.69, 9.17) is 0 Å². The molecule has 2 aromatic rings. The van der Waals surface area contributed by atoms with E-state index in [9.17, 15) is 4.79 Å². The largest absolute Gasteiger partial charge is 0.371 e. The van der Waals surface area contributed by atoms with Gasteiger partial charge in [-0.05, 0) is 31.0 Å². The lowest BCUT2D eigenvalue weighted by Gasteiger charge is -2.41. The van der Waals surface area contributed by atoms with Crippen molar-refractivity contribution in [2.45, 2.75) is 31.2 Å². The van der Waals surface area contributed by atoms with Crippen LogP contribution in [0.15, 0.2) is 48.5 Å². The maximum atomic E-state index is 12.4. The molecule has 2 aromatic carbocycles. The number of carbonyl (C=O) groups excluding carboxylic acids is 1. The summed E-state index contributed by atoms with van der Waals surface area (Å²) in [5, 5.41) is 0. The molecule has 1 fully saturated rings. The summed E-state index contributed by atoms with van der Waals surface area (Å²) in [7, 11) is 2.21.